The highest BCUT2D eigenvalue weighted by atomic mass is 14.8. The fourth-order valence-corrected chi connectivity index (χ4v) is 1.34. The van der Waals surface area contributed by atoms with Crippen molar-refractivity contribution >= 4 is 12.3 Å². The molecule has 1 heterocycles. The van der Waals surface area contributed by atoms with Crippen molar-refractivity contribution in [1.29, 1.82) is 0 Å². The molecule has 0 amide bonds. The van der Waals surface area contributed by atoms with Crippen LogP contribution in [0.1, 0.15) is 12.6 Å². The van der Waals surface area contributed by atoms with Gasteiger partial charge in [-0.2, -0.15) is 0 Å². The van der Waals surface area contributed by atoms with E-state index in [1.54, 1.807) is 12.3 Å². The molecule has 0 aromatic carbocycles. The Hall–Kier alpha value is -1.74. The van der Waals surface area contributed by atoms with E-state index in [0.29, 0.717) is 5.70 Å². The molecular formula is C12H15N3. The van der Waals surface area contributed by atoms with Gasteiger partial charge in [-0.3, -0.25) is 9.98 Å². The summed E-state index contributed by atoms with van der Waals surface area (Å²) in [4.78, 5) is 8.16. The molecule has 0 aliphatic heterocycles. The maximum atomic E-state index is 5.79. The zero-order valence-corrected chi connectivity index (χ0v) is 8.85. The van der Waals surface area contributed by atoms with Gasteiger partial charge in [0.25, 0.3) is 0 Å². The SMILES string of the molecule is C=CC(=C(N=C)C(C)N)c1ccccn1. The van der Waals surface area contributed by atoms with Crippen LogP contribution in [0.25, 0.3) is 5.57 Å². The molecule has 0 aliphatic rings. The van der Waals surface area contributed by atoms with Gasteiger partial charge < -0.3 is 5.73 Å². The number of nitrogens with two attached hydrogens (primary N) is 1. The summed E-state index contributed by atoms with van der Waals surface area (Å²) in [7, 11) is 0. The number of nitrogens with zero attached hydrogens (tertiary/aromatic N) is 2. The normalized spacial score (nSPS) is 14.0. The minimum absolute atomic E-state index is 0.183. The van der Waals surface area contributed by atoms with E-state index >= 15 is 0 Å². The molecule has 0 fully saturated rings. The fourth-order valence-electron chi connectivity index (χ4n) is 1.34. The van der Waals surface area contributed by atoms with Gasteiger partial charge in [0.05, 0.1) is 11.4 Å². The Morgan fingerprint density at radius 2 is 2.33 bits per heavy atom. The Labute approximate surface area is 90.1 Å². The first-order valence-electron chi connectivity index (χ1n) is 4.71. The third kappa shape index (κ3) is 2.60. The van der Waals surface area contributed by atoms with E-state index in [1.165, 1.54) is 0 Å². The fraction of sp³-hybridized carbons (Fsp3) is 0.167. The quantitative estimate of drug-likeness (QED) is 0.598. The molecule has 2 N–H and O–H groups in total. The van der Waals surface area contributed by atoms with Crippen molar-refractivity contribution in [2.24, 2.45) is 10.7 Å². The standard InChI is InChI=1S/C12H15N3/c1-4-10(12(14-3)9(2)13)11-7-5-6-8-15-11/h4-9H,1,3,13H2,2H3. The monoisotopic (exact) mass is 201 g/mol. The van der Waals surface area contributed by atoms with Crippen LogP contribution >= 0.6 is 0 Å². The van der Waals surface area contributed by atoms with Crippen molar-refractivity contribution in [3.63, 3.8) is 0 Å². The minimum Gasteiger partial charge on any atom is -0.323 e. The maximum Gasteiger partial charge on any atom is 0.0720 e. The molecule has 1 unspecified atom stereocenters. The number of pyridine rings is 1. The number of aliphatic imine (C=N–C) groups is 1. The minimum atomic E-state index is -0.183. The molecule has 1 aromatic heterocycles. The number of rotatable bonds is 4. The van der Waals surface area contributed by atoms with Crippen molar-refractivity contribution < 1.29 is 0 Å². The predicted octanol–water partition coefficient (Wildman–Crippen LogP) is 2.03. The summed E-state index contributed by atoms with van der Waals surface area (Å²) in [5.74, 6) is 0. The molecular weight excluding hydrogens is 186 g/mol. The van der Waals surface area contributed by atoms with Crippen molar-refractivity contribution in [2.75, 3.05) is 0 Å². The van der Waals surface area contributed by atoms with Crippen LogP contribution in [0.3, 0.4) is 0 Å². The molecule has 0 spiro atoms. The Bertz CT molecular complexity index is 377. The summed E-state index contributed by atoms with van der Waals surface area (Å²) in [6.45, 7) is 9.12. The van der Waals surface area contributed by atoms with E-state index < -0.39 is 0 Å². The summed E-state index contributed by atoms with van der Waals surface area (Å²) < 4.78 is 0. The molecule has 1 rings (SSSR count). The molecule has 0 saturated carbocycles. The van der Waals surface area contributed by atoms with Gasteiger partial charge in [-0.1, -0.05) is 18.7 Å². The topological polar surface area (TPSA) is 51.3 Å². The molecule has 3 heteroatoms. The Morgan fingerprint density at radius 1 is 1.60 bits per heavy atom. The first-order chi connectivity index (χ1) is 7.20. The van der Waals surface area contributed by atoms with Crippen LogP contribution in [0.15, 0.2) is 47.7 Å². The van der Waals surface area contributed by atoms with Crippen LogP contribution in [0.5, 0.6) is 0 Å². The molecule has 15 heavy (non-hydrogen) atoms. The number of allylic oxidation sites excluding steroid dienone is 2. The highest BCUT2D eigenvalue weighted by Gasteiger charge is 2.09. The van der Waals surface area contributed by atoms with E-state index in [1.807, 2.05) is 25.1 Å². The summed E-state index contributed by atoms with van der Waals surface area (Å²) >= 11 is 0. The third-order valence-electron chi connectivity index (χ3n) is 2.02. The van der Waals surface area contributed by atoms with Gasteiger partial charge in [0.15, 0.2) is 0 Å². The summed E-state index contributed by atoms with van der Waals surface area (Å²) in [6.07, 6.45) is 3.43. The first-order valence-corrected chi connectivity index (χ1v) is 4.71. The highest BCUT2D eigenvalue weighted by molar-refractivity contribution is 5.75. The first kappa shape index (κ1) is 11.3. The van der Waals surface area contributed by atoms with E-state index in [4.69, 9.17) is 5.73 Å². The zero-order chi connectivity index (χ0) is 11.3. The summed E-state index contributed by atoms with van der Waals surface area (Å²) in [5, 5.41) is 0. The van der Waals surface area contributed by atoms with Crippen LogP contribution in [-0.4, -0.2) is 17.7 Å². The van der Waals surface area contributed by atoms with Crippen LogP contribution in [0.4, 0.5) is 0 Å². The van der Waals surface area contributed by atoms with Crippen molar-refractivity contribution in [3.05, 3.63) is 48.4 Å². The molecule has 3 nitrogen and oxygen atoms in total. The highest BCUT2D eigenvalue weighted by Crippen LogP contribution is 2.19. The lowest BCUT2D eigenvalue weighted by molar-refractivity contribution is 0.853. The molecule has 0 radical (unpaired) electrons. The summed E-state index contributed by atoms with van der Waals surface area (Å²) in [6, 6.07) is 5.48. The van der Waals surface area contributed by atoms with E-state index in [-0.39, 0.29) is 6.04 Å². The van der Waals surface area contributed by atoms with E-state index in [0.717, 1.165) is 11.3 Å². The van der Waals surface area contributed by atoms with Gasteiger partial charge in [-0.25, -0.2) is 0 Å². The average Bonchev–Trinajstić information content (AvgIpc) is 2.26. The number of hydrogen-bond acceptors (Lipinski definition) is 3. The smallest absolute Gasteiger partial charge is 0.0720 e. The Balaban J connectivity index is 3.29. The van der Waals surface area contributed by atoms with Crippen molar-refractivity contribution in [3.8, 4) is 0 Å². The maximum absolute atomic E-state index is 5.79. The van der Waals surface area contributed by atoms with Crippen LogP contribution in [0, 0.1) is 0 Å². The summed E-state index contributed by atoms with van der Waals surface area (Å²) in [5.41, 5.74) is 8.15. The lowest BCUT2D eigenvalue weighted by Crippen LogP contribution is -2.18. The molecule has 78 valence electrons. The lowest BCUT2D eigenvalue weighted by Gasteiger charge is -2.10. The van der Waals surface area contributed by atoms with Gasteiger partial charge >= 0.3 is 0 Å². The zero-order valence-electron chi connectivity index (χ0n) is 8.85. The second-order valence-electron chi connectivity index (χ2n) is 3.16. The molecule has 0 aliphatic carbocycles. The van der Waals surface area contributed by atoms with Gasteiger partial charge in [0.2, 0.25) is 0 Å². The molecule has 0 bridgehead atoms. The second-order valence-corrected chi connectivity index (χ2v) is 3.16. The lowest BCUT2D eigenvalue weighted by atomic mass is 10.1. The van der Waals surface area contributed by atoms with E-state index in [2.05, 4.69) is 23.3 Å². The van der Waals surface area contributed by atoms with Gasteiger partial charge in [-0.15, -0.1) is 0 Å². The van der Waals surface area contributed by atoms with E-state index in [9.17, 15) is 0 Å². The van der Waals surface area contributed by atoms with Crippen molar-refractivity contribution in [2.45, 2.75) is 13.0 Å². The van der Waals surface area contributed by atoms with Crippen molar-refractivity contribution in [1.82, 2.24) is 4.98 Å². The Kier molecular flexibility index (Phi) is 3.94. The third-order valence-corrected chi connectivity index (χ3v) is 2.02. The van der Waals surface area contributed by atoms with Crippen LogP contribution < -0.4 is 5.73 Å². The van der Waals surface area contributed by atoms with Crippen LogP contribution in [0.2, 0.25) is 0 Å². The van der Waals surface area contributed by atoms with Gasteiger partial charge in [0, 0.05) is 17.8 Å². The van der Waals surface area contributed by atoms with Gasteiger partial charge in [0.1, 0.15) is 0 Å². The average molecular weight is 201 g/mol. The molecule has 1 aromatic rings. The number of hydrogen-bond donors (Lipinski definition) is 1. The largest absolute Gasteiger partial charge is 0.323 e. The molecule has 1 atom stereocenters. The second kappa shape index (κ2) is 5.22. The van der Waals surface area contributed by atoms with Gasteiger partial charge in [-0.05, 0) is 25.8 Å². The Morgan fingerprint density at radius 3 is 2.73 bits per heavy atom. The predicted molar refractivity (Wildman–Crippen MR) is 64.6 cm³/mol. The molecule has 0 saturated heterocycles. The van der Waals surface area contributed by atoms with Crippen LogP contribution in [-0.2, 0) is 0 Å². The number of aromatic nitrogens is 1.